The number of amides is 1. The van der Waals surface area contributed by atoms with Gasteiger partial charge in [0.2, 0.25) is 5.91 Å². The molecule has 1 unspecified atom stereocenters. The van der Waals surface area contributed by atoms with Gasteiger partial charge < -0.3 is 20.3 Å². The first-order chi connectivity index (χ1) is 18.0. The Balaban J connectivity index is 0.00000336. The summed E-state index contributed by atoms with van der Waals surface area (Å²) in [4.78, 5) is 25.2. The van der Waals surface area contributed by atoms with Gasteiger partial charge >= 0.3 is 5.97 Å². The zero-order chi connectivity index (χ0) is 25.8. The Morgan fingerprint density at radius 1 is 1.05 bits per heavy atom. The molecule has 1 atom stereocenters. The van der Waals surface area contributed by atoms with E-state index in [1.165, 1.54) is 32.1 Å². The van der Waals surface area contributed by atoms with Gasteiger partial charge in [-0.05, 0) is 80.9 Å². The number of carbonyl (C=O) groups excluding carboxylic acids is 1. The highest BCUT2D eigenvalue weighted by atomic mass is 35.5. The number of fused-ring (bicyclic) bond motifs is 1. The first-order valence-corrected chi connectivity index (χ1v) is 13.9. The second kappa shape index (κ2) is 12.8. The number of carbonyl (C=O) groups is 2. The molecule has 6 nitrogen and oxygen atoms in total. The number of piperidine rings is 1. The SMILES string of the molecule is Cc1cccc(C(CC(=O)NC2CCNCC2)c2cn(CC3CCCCC3)c3ccc(C(=O)O)cc23)c1.Cl. The van der Waals surface area contributed by atoms with Crippen LogP contribution in [0.2, 0.25) is 0 Å². The van der Waals surface area contributed by atoms with Crippen LogP contribution in [0, 0.1) is 12.8 Å². The third kappa shape index (κ3) is 6.59. The number of aromatic carboxylic acids is 1. The lowest BCUT2D eigenvalue weighted by atomic mass is 9.87. The molecule has 1 saturated heterocycles. The van der Waals surface area contributed by atoms with E-state index in [4.69, 9.17) is 0 Å². The fraction of sp³-hybridized carbons (Fsp3) is 0.484. The molecular formula is C31H40ClN3O3. The summed E-state index contributed by atoms with van der Waals surface area (Å²) in [5, 5.41) is 17.3. The number of rotatable bonds is 8. The minimum Gasteiger partial charge on any atom is -0.478 e. The van der Waals surface area contributed by atoms with Crippen molar-refractivity contribution in [2.75, 3.05) is 13.1 Å². The molecule has 1 saturated carbocycles. The smallest absolute Gasteiger partial charge is 0.335 e. The number of halogens is 1. The van der Waals surface area contributed by atoms with Gasteiger partial charge in [-0.1, -0.05) is 49.1 Å². The number of hydrogen-bond donors (Lipinski definition) is 3. The van der Waals surface area contributed by atoms with E-state index >= 15 is 0 Å². The highest BCUT2D eigenvalue weighted by molar-refractivity contribution is 5.95. The van der Waals surface area contributed by atoms with Crippen molar-refractivity contribution in [2.45, 2.75) is 76.8 Å². The van der Waals surface area contributed by atoms with Crippen LogP contribution in [0.5, 0.6) is 0 Å². The summed E-state index contributed by atoms with van der Waals surface area (Å²) < 4.78 is 2.32. The van der Waals surface area contributed by atoms with Crippen LogP contribution in [-0.2, 0) is 11.3 Å². The Labute approximate surface area is 231 Å². The van der Waals surface area contributed by atoms with Crippen molar-refractivity contribution >= 4 is 35.2 Å². The summed E-state index contributed by atoms with van der Waals surface area (Å²) in [6, 6.07) is 14.0. The zero-order valence-corrected chi connectivity index (χ0v) is 23.1. The molecule has 38 heavy (non-hydrogen) atoms. The van der Waals surface area contributed by atoms with Crippen molar-refractivity contribution in [3.05, 3.63) is 70.9 Å². The molecule has 0 spiro atoms. The summed E-state index contributed by atoms with van der Waals surface area (Å²) in [6.07, 6.45) is 10.8. The highest BCUT2D eigenvalue weighted by Crippen LogP contribution is 2.37. The van der Waals surface area contributed by atoms with Gasteiger partial charge in [0.25, 0.3) is 0 Å². The molecule has 3 N–H and O–H groups in total. The number of carboxylic acid groups (broad SMARTS) is 1. The standard InChI is InChI=1S/C31H39N3O3.ClH/c1-21-6-5-9-23(16-21)26(18-30(35)33-25-12-14-32-15-13-25)28-20-34(19-22-7-3-2-4-8-22)29-11-10-24(31(36)37)17-27(28)29;/h5-6,9-11,16-17,20,22,25-26,32H,2-4,7-8,12-15,18-19H2,1H3,(H,33,35)(H,36,37);1H. The third-order valence-electron chi connectivity index (χ3n) is 8.25. The number of carboxylic acids is 1. The average molecular weight is 538 g/mol. The number of aryl methyl sites for hydroxylation is 1. The van der Waals surface area contributed by atoms with Crippen LogP contribution in [0.15, 0.2) is 48.7 Å². The minimum absolute atomic E-state index is 0. The molecule has 0 radical (unpaired) electrons. The Bertz CT molecular complexity index is 1260. The predicted molar refractivity (Wildman–Crippen MR) is 154 cm³/mol. The van der Waals surface area contributed by atoms with Crippen LogP contribution in [0.1, 0.15) is 84.3 Å². The molecule has 5 rings (SSSR count). The van der Waals surface area contributed by atoms with Crippen molar-refractivity contribution < 1.29 is 14.7 Å². The molecule has 3 aromatic rings. The van der Waals surface area contributed by atoms with E-state index < -0.39 is 5.97 Å². The summed E-state index contributed by atoms with van der Waals surface area (Å²) in [5.74, 6) is -0.387. The second-order valence-corrected chi connectivity index (χ2v) is 11.0. The van der Waals surface area contributed by atoms with E-state index in [1.807, 2.05) is 12.1 Å². The molecule has 1 amide bonds. The average Bonchev–Trinajstić information content (AvgIpc) is 3.25. The van der Waals surface area contributed by atoms with Crippen LogP contribution < -0.4 is 10.6 Å². The Kier molecular flexibility index (Phi) is 9.50. The second-order valence-electron chi connectivity index (χ2n) is 11.0. The maximum Gasteiger partial charge on any atom is 0.335 e. The highest BCUT2D eigenvalue weighted by Gasteiger charge is 2.26. The van der Waals surface area contributed by atoms with Crippen molar-refractivity contribution in [3.8, 4) is 0 Å². The quantitative estimate of drug-likeness (QED) is 0.327. The van der Waals surface area contributed by atoms with Crippen LogP contribution in [0.4, 0.5) is 0 Å². The molecule has 1 aromatic heterocycles. The first kappa shape index (κ1) is 28.2. The van der Waals surface area contributed by atoms with E-state index in [2.05, 4.69) is 46.5 Å². The lowest BCUT2D eigenvalue weighted by Crippen LogP contribution is -2.43. The molecule has 0 bridgehead atoms. The zero-order valence-electron chi connectivity index (χ0n) is 22.2. The Morgan fingerprint density at radius 3 is 2.53 bits per heavy atom. The fourth-order valence-corrected chi connectivity index (χ4v) is 6.27. The Hall–Kier alpha value is -2.83. The third-order valence-corrected chi connectivity index (χ3v) is 8.25. The largest absolute Gasteiger partial charge is 0.478 e. The number of nitrogens with one attached hydrogen (secondary N) is 2. The van der Waals surface area contributed by atoms with Gasteiger partial charge in [-0.3, -0.25) is 4.79 Å². The number of aromatic nitrogens is 1. The topological polar surface area (TPSA) is 83.4 Å². The van der Waals surface area contributed by atoms with Gasteiger partial charge in [-0.25, -0.2) is 4.79 Å². The number of nitrogens with zero attached hydrogens (tertiary/aromatic N) is 1. The maximum absolute atomic E-state index is 13.4. The minimum atomic E-state index is -0.927. The van der Waals surface area contributed by atoms with E-state index in [-0.39, 0.29) is 35.8 Å². The molecule has 2 aliphatic rings. The summed E-state index contributed by atoms with van der Waals surface area (Å²) in [5.41, 5.74) is 4.63. The molecule has 2 aromatic carbocycles. The summed E-state index contributed by atoms with van der Waals surface area (Å²) in [7, 11) is 0. The maximum atomic E-state index is 13.4. The summed E-state index contributed by atoms with van der Waals surface area (Å²) >= 11 is 0. The van der Waals surface area contributed by atoms with E-state index in [1.54, 1.807) is 12.1 Å². The normalized spacial score (nSPS) is 17.6. The molecule has 204 valence electrons. The lowest BCUT2D eigenvalue weighted by Gasteiger charge is -2.25. The fourth-order valence-electron chi connectivity index (χ4n) is 6.27. The molecule has 2 fully saturated rings. The van der Waals surface area contributed by atoms with Crippen molar-refractivity contribution in [2.24, 2.45) is 5.92 Å². The van der Waals surface area contributed by atoms with Crippen LogP contribution in [0.3, 0.4) is 0 Å². The Morgan fingerprint density at radius 2 is 1.82 bits per heavy atom. The van der Waals surface area contributed by atoms with Gasteiger partial charge in [-0.2, -0.15) is 0 Å². The predicted octanol–water partition coefficient (Wildman–Crippen LogP) is 6.04. The van der Waals surface area contributed by atoms with Gasteiger partial charge in [0.15, 0.2) is 0 Å². The van der Waals surface area contributed by atoms with Crippen molar-refractivity contribution in [3.63, 3.8) is 0 Å². The van der Waals surface area contributed by atoms with Crippen LogP contribution >= 0.6 is 12.4 Å². The molecule has 1 aliphatic carbocycles. The first-order valence-electron chi connectivity index (χ1n) is 13.9. The monoisotopic (exact) mass is 537 g/mol. The lowest BCUT2D eigenvalue weighted by molar-refractivity contribution is -0.122. The van der Waals surface area contributed by atoms with Crippen molar-refractivity contribution in [1.82, 2.24) is 15.2 Å². The number of benzene rings is 2. The van der Waals surface area contributed by atoms with Crippen molar-refractivity contribution in [1.29, 1.82) is 0 Å². The summed E-state index contributed by atoms with van der Waals surface area (Å²) in [6.45, 7) is 4.87. The van der Waals surface area contributed by atoms with Gasteiger partial charge in [0, 0.05) is 42.0 Å². The van der Waals surface area contributed by atoms with E-state index in [0.717, 1.165) is 60.1 Å². The van der Waals surface area contributed by atoms with E-state index in [9.17, 15) is 14.7 Å². The van der Waals surface area contributed by atoms with Crippen LogP contribution in [0.25, 0.3) is 10.9 Å². The molecule has 2 heterocycles. The molecule has 7 heteroatoms. The molecular weight excluding hydrogens is 498 g/mol. The molecule has 1 aliphatic heterocycles. The van der Waals surface area contributed by atoms with Gasteiger partial charge in [0.05, 0.1) is 5.56 Å². The van der Waals surface area contributed by atoms with E-state index in [0.29, 0.717) is 12.3 Å². The van der Waals surface area contributed by atoms with Gasteiger partial charge in [0.1, 0.15) is 0 Å². The van der Waals surface area contributed by atoms with Gasteiger partial charge in [-0.15, -0.1) is 12.4 Å². The number of hydrogen-bond acceptors (Lipinski definition) is 3. The van der Waals surface area contributed by atoms with Crippen LogP contribution in [-0.4, -0.2) is 40.7 Å².